The molecule has 0 aliphatic rings. The van der Waals surface area contributed by atoms with Crippen LogP contribution in [0.2, 0.25) is 0 Å². The molecule has 0 amide bonds. The minimum atomic E-state index is -0.130. The van der Waals surface area contributed by atoms with E-state index in [-0.39, 0.29) is 12.1 Å². The number of hydrogen-bond donors (Lipinski definition) is 1. The lowest BCUT2D eigenvalue weighted by atomic mass is 10.0. The first-order chi connectivity index (χ1) is 7.06. The van der Waals surface area contributed by atoms with Crippen LogP contribution in [0.1, 0.15) is 19.4 Å². The van der Waals surface area contributed by atoms with Gasteiger partial charge in [0.05, 0.1) is 6.61 Å². The summed E-state index contributed by atoms with van der Waals surface area (Å²) in [6.07, 6.45) is 1.03. The molecule has 0 saturated carbocycles. The van der Waals surface area contributed by atoms with E-state index in [1.807, 2.05) is 6.07 Å². The predicted octanol–water partition coefficient (Wildman–Crippen LogP) is 1.93. The van der Waals surface area contributed by atoms with Crippen molar-refractivity contribution in [2.24, 2.45) is 0 Å². The Labute approximate surface area is 92.5 Å². The van der Waals surface area contributed by atoms with Crippen LogP contribution in [0, 0.1) is 0 Å². The molecular weight excluding hydrogens is 186 g/mol. The lowest BCUT2D eigenvalue weighted by Gasteiger charge is -2.33. The molecule has 2 nitrogen and oxygen atoms in total. The van der Waals surface area contributed by atoms with Crippen LogP contribution in [0.15, 0.2) is 30.3 Å². The van der Waals surface area contributed by atoms with Gasteiger partial charge in [-0.15, -0.1) is 0 Å². The van der Waals surface area contributed by atoms with Gasteiger partial charge in [0.25, 0.3) is 0 Å². The SMILES string of the molecule is CN(CCc1ccccc1)C(C)(C)CO. The van der Waals surface area contributed by atoms with E-state index in [0.717, 1.165) is 13.0 Å². The molecule has 2 heteroatoms. The summed E-state index contributed by atoms with van der Waals surface area (Å²) in [5, 5.41) is 9.22. The number of nitrogens with zero attached hydrogens (tertiary/aromatic N) is 1. The van der Waals surface area contributed by atoms with Gasteiger partial charge in [-0.3, -0.25) is 4.90 Å². The van der Waals surface area contributed by atoms with Crippen LogP contribution in [0.5, 0.6) is 0 Å². The average molecular weight is 207 g/mol. The molecule has 0 unspecified atom stereocenters. The van der Waals surface area contributed by atoms with Gasteiger partial charge in [-0.05, 0) is 32.9 Å². The highest BCUT2D eigenvalue weighted by atomic mass is 16.3. The number of hydrogen-bond acceptors (Lipinski definition) is 2. The van der Waals surface area contributed by atoms with Crippen molar-refractivity contribution in [3.05, 3.63) is 35.9 Å². The molecule has 0 radical (unpaired) electrons. The zero-order chi connectivity index (χ0) is 11.3. The van der Waals surface area contributed by atoms with E-state index in [1.165, 1.54) is 5.56 Å². The normalized spacial score (nSPS) is 12.1. The molecule has 0 heterocycles. The Kier molecular flexibility index (Phi) is 4.30. The van der Waals surface area contributed by atoms with E-state index in [0.29, 0.717) is 0 Å². The molecule has 0 aromatic heterocycles. The van der Waals surface area contributed by atoms with Crippen LogP contribution >= 0.6 is 0 Å². The summed E-state index contributed by atoms with van der Waals surface area (Å²) in [6, 6.07) is 10.4. The van der Waals surface area contributed by atoms with Crippen LogP contribution in [0.3, 0.4) is 0 Å². The molecular formula is C13H21NO. The molecule has 1 aromatic carbocycles. The molecule has 0 fully saturated rings. The molecule has 1 rings (SSSR count). The Balaban J connectivity index is 2.44. The zero-order valence-electron chi connectivity index (χ0n) is 9.90. The average Bonchev–Trinajstić information content (AvgIpc) is 2.27. The van der Waals surface area contributed by atoms with Gasteiger partial charge in [0.2, 0.25) is 0 Å². The molecule has 0 bridgehead atoms. The Morgan fingerprint density at radius 3 is 2.33 bits per heavy atom. The highest BCUT2D eigenvalue weighted by Crippen LogP contribution is 2.11. The maximum absolute atomic E-state index is 9.22. The molecule has 0 aliphatic heterocycles. The molecule has 15 heavy (non-hydrogen) atoms. The van der Waals surface area contributed by atoms with Crippen LogP contribution in [-0.2, 0) is 6.42 Å². The van der Waals surface area contributed by atoms with Crippen LogP contribution < -0.4 is 0 Å². The van der Waals surface area contributed by atoms with Crippen molar-refractivity contribution < 1.29 is 5.11 Å². The fourth-order valence-electron chi connectivity index (χ4n) is 1.36. The fourth-order valence-corrected chi connectivity index (χ4v) is 1.36. The second-order valence-electron chi connectivity index (χ2n) is 4.63. The summed E-state index contributed by atoms with van der Waals surface area (Å²) < 4.78 is 0. The van der Waals surface area contributed by atoms with Crippen molar-refractivity contribution in [1.29, 1.82) is 0 Å². The molecule has 0 aliphatic carbocycles. The van der Waals surface area contributed by atoms with Crippen molar-refractivity contribution in [1.82, 2.24) is 4.90 Å². The van der Waals surface area contributed by atoms with Gasteiger partial charge in [0, 0.05) is 12.1 Å². The van der Waals surface area contributed by atoms with Gasteiger partial charge < -0.3 is 5.11 Å². The van der Waals surface area contributed by atoms with Crippen molar-refractivity contribution in [3.8, 4) is 0 Å². The second-order valence-corrected chi connectivity index (χ2v) is 4.63. The minimum absolute atomic E-state index is 0.130. The van der Waals surface area contributed by atoms with Crippen LogP contribution in [0.25, 0.3) is 0 Å². The van der Waals surface area contributed by atoms with Crippen molar-refractivity contribution in [3.63, 3.8) is 0 Å². The maximum atomic E-state index is 9.22. The summed E-state index contributed by atoms with van der Waals surface area (Å²) in [5.41, 5.74) is 1.22. The number of aliphatic hydroxyl groups excluding tert-OH is 1. The standard InChI is InChI=1S/C13H21NO/c1-13(2,11-15)14(3)10-9-12-7-5-4-6-8-12/h4-8,15H,9-11H2,1-3H3. The van der Waals surface area contributed by atoms with Crippen LogP contribution in [-0.4, -0.2) is 35.7 Å². The highest BCUT2D eigenvalue weighted by molar-refractivity contribution is 5.14. The molecule has 84 valence electrons. The first-order valence-electron chi connectivity index (χ1n) is 5.42. The van der Waals surface area contributed by atoms with Crippen LogP contribution in [0.4, 0.5) is 0 Å². The van der Waals surface area contributed by atoms with Crippen molar-refractivity contribution in [2.45, 2.75) is 25.8 Å². The lowest BCUT2D eigenvalue weighted by Crippen LogP contribution is -2.45. The van der Waals surface area contributed by atoms with E-state index in [4.69, 9.17) is 0 Å². The molecule has 0 spiro atoms. The predicted molar refractivity (Wildman–Crippen MR) is 63.9 cm³/mol. The van der Waals surface area contributed by atoms with Gasteiger partial charge in [-0.1, -0.05) is 30.3 Å². The summed E-state index contributed by atoms with van der Waals surface area (Å²) in [5.74, 6) is 0. The Morgan fingerprint density at radius 1 is 1.20 bits per heavy atom. The Hall–Kier alpha value is -0.860. The third-order valence-electron chi connectivity index (χ3n) is 3.00. The third-order valence-corrected chi connectivity index (χ3v) is 3.00. The quantitative estimate of drug-likeness (QED) is 0.797. The molecule has 0 atom stereocenters. The Morgan fingerprint density at radius 2 is 1.80 bits per heavy atom. The van der Waals surface area contributed by atoms with E-state index in [9.17, 15) is 5.11 Å². The number of benzene rings is 1. The smallest absolute Gasteiger partial charge is 0.0609 e. The van der Waals surface area contributed by atoms with Gasteiger partial charge in [-0.25, -0.2) is 0 Å². The highest BCUT2D eigenvalue weighted by Gasteiger charge is 2.21. The summed E-state index contributed by atoms with van der Waals surface area (Å²) in [6.45, 7) is 5.27. The first kappa shape index (κ1) is 12.2. The summed E-state index contributed by atoms with van der Waals surface area (Å²) in [7, 11) is 2.05. The second kappa shape index (κ2) is 5.29. The zero-order valence-corrected chi connectivity index (χ0v) is 9.90. The number of likely N-dealkylation sites (N-methyl/N-ethyl adjacent to an activating group) is 1. The van der Waals surface area contributed by atoms with Gasteiger partial charge in [0.15, 0.2) is 0 Å². The van der Waals surface area contributed by atoms with E-state index < -0.39 is 0 Å². The maximum Gasteiger partial charge on any atom is 0.0609 e. The minimum Gasteiger partial charge on any atom is -0.394 e. The molecule has 1 N–H and O–H groups in total. The van der Waals surface area contributed by atoms with Crippen molar-refractivity contribution >= 4 is 0 Å². The monoisotopic (exact) mass is 207 g/mol. The van der Waals surface area contributed by atoms with Gasteiger partial charge >= 0.3 is 0 Å². The first-order valence-corrected chi connectivity index (χ1v) is 5.42. The Bertz CT molecular complexity index is 282. The summed E-state index contributed by atoms with van der Waals surface area (Å²) in [4.78, 5) is 2.19. The largest absolute Gasteiger partial charge is 0.394 e. The van der Waals surface area contributed by atoms with Gasteiger partial charge in [-0.2, -0.15) is 0 Å². The van der Waals surface area contributed by atoms with Crippen molar-refractivity contribution in [2.75, 3.05) is 20.2 Å². The van der Waals surface area contributed by atoms with E-state index in [2.05, 4.69) is 50.1 Å². The molecule has 1 aromatic rings. The van der Waals surface area contributed by atoms with E-state index >= 15 is 0 Å². The third kappa shape index (κ3) is 3.65. The number of rotatable bonds is 5. The lowest BCUT2D eigenvalue weighted by molar-refractivity contribution is 0.0801. The fraction of sp³-hybridized carbons (Fsp3) is 0.538. The summed E-state index contributed by atoms with van der Waals surface area (Å²) >= 11 is 0. The topological polar surface area (TPSA) is 23.5 Å². The van der Waals surface area contributed by atoms with E-state index in [1.54, 1.807) is 0 Å². The number of aliphatic hydroxyl groups is 1. The van der Waals surface area contributed by atoms with Gasteiger partial charge in [0.1, 0.15) is 0 Å². The molecule has 0 saturated heterocycles.